The van der Waals surface area contributed by atoms with Gasteiger partial charge < -0.3 is 20.3 Å². The summed E-state index contributed by atoms with van der Waals surface area (Å²) in [4.78, 5) is 24.5. The van der Waals surface area contributed by atoms with E-state index in [0.717, 1.165) is 44.9 Å². The molecule has 0 spiro atoms. The number of hydrogen-bond donors (Lipinski definition) is 3. The zero-order valence-corrected chi connectivity index (χ0v) is 44.3. The number of esters is 1. The quantitative estimate of drug-likeness (QED) is 0.0417. The van der Waals surface area contributed by atoms with Crippen molar-refractivity contribution in [2.75, 3.05) is 13.2 Å². The second-order valence-electron chi connectivity index (χ2n) is 20.7. The molecule has 6 heteroatoms. The van der Waals surface area contributed by atoms with E-state index in [0.29, 0.717) is 25.9 Å². The summed E-state index contributed by atoms with van der Waals surface area (Å²) in [5, 5.41) is 23.3. The van der Waals surface area contributed by atoms with E-state index < -0.39 is 12.1 Å². The minimum atomic E-state index is -0.669. The normalized spacial score (nSPS) is 12.5. The molecular weight excluding hydrogens is 803 g/mol. The smallest absolute Gasteiger partial charge is 0.305 e. The van der Waals surface area contributed by atoms with Gasteiger partial charge in [0.2, 0.25) is 5.91 Å². The van der Waals surface area contributed by atoms with Gasteiger partial charge in [0.1, 0.15) is 0 Å². The van der Waals surface area contributed by atoms with E-state index in [1.807, 2.05) is 0 Å². The Labute approximate surface area is 406 Å². The van der Waals surface area contributed by atoms with Crippen molar-refractivity contribution in [3.8, 4) is 0 Å². The van der Waals surface area contributed by atoms with Gasteiger partial charge in [-0.05, 0) is 25.7 Å². The Morgan fingerprint density at radius 3 is 0.938 bits per heavy atom. The number of nitrogens with one attached hydrogen (secondary N) is 1. The molecule has 0 aliphatic carbocycles. The van der Waals surface area contributed by atoms with Crippen molar-refractivity contribution in [1.29, 1.82) is 0 Å². The predicted octanol–water partition coefficient (Wildman–Crippen LogP) is 18.3. The Hall–Kier alpha value is -1.14. The Kier molecular flexibility index (Phi) is 54.5. The summed E-state index contributed by atoms with van der Waals surface area (Å²) in [6.45, 7) is 4.97. The van der Waals surface area contributed by atoms with Crippen molar-refractivity contribution in [2.24, 2.45) is 0 Å². The Morgan fingerprint density at radius 1 is 0.369 bits per heavy atom. The van der Waals surface area contributed by atoms with Gasteiger partial charge >= 0.3 is 5.97 Å². The van der Waals surface area contributed by atoms with Gasteiger partial charge in [-0.1, -0.05) is 303 Å². The molecule has 0 radical (unpaired) electrons. The molecule has 0 aromatic carbocycles. The fraction of sp³-hybridized carbons (Fsp3) is 0.966. The lowest BCUT2D eigenvalue weighted by atomic mass is 10.0. The maximum absolute atomic E-state index is 12.5. The van der Waals surface area contributed by atoms with Crippen LogP contribution in [0.25, 0.3) is 0 Å². The van der Waals surface area contributed by atoms with Crippen molar-refractivity contribution in [2.45, 2.75) is 353 Å². The predicted molar refractivity (Wildman–Crippen MR) is 283 cm³/mol. The molecule has 388 valence electrons. The van der Waals surface area contributed by atoms with E-state index in [-0.39, 0.29) is 18.5 Å². The molecule has 65 heavy (non-hydrogen) atoms. The van der Waals surface area contributed by atoms with Crippen LogP contribution in [0.15, 0.2) is 0 Å². The van der Waals surface area contributed by atoms with Crippen LogP contribution in [-0.2, 0) is 14.3 Å². The first kappa shape index (κ1) is 63.9. The van der Waals surface area contributed by atoms with Gasteiger partial charge in [-0.15, -0.1) is 0 Å². The number of carbonyl (C=O) groups is 2. The lowest BCUT2D eigenvalue weighted by molar-refractivity contribution is -0.143. The van der Waals surface area contributed by atoms with Crippen LogP contribution in [0.4, 0.5) is 0 Å². The lowest BCUT2D eigenvalue weighted by Crippen LogP contribution is -2.45. The number of hydrogen-bond acceptors (Lipinski definition) is 5. The number of aliphatic hydroxyl groups is 2. The molecule has 0 aromatic rings. The molecule has 2 atom stereocenters. The average Bonchev–Trinajstić information content (AvgIpc) is 3.31. The van der Waals surface area contributed by atoms with Gasteiger partial charge in [-0.2, -0.15) is 0 Å². The molecule has 0 heterocycles. The van der Waals surface area contributed by atoms with Crippen LogP contribution in [0.2, 0.25) is 0 Å². The Morgan fingerprint density at radius 2 is 0.631 bits per heavy atom. The molecule has 0 aliphatic rings. The van der Waals surface area contributed by atoms with E-state index in [1.54, 1.807) is 0 Å². The molecule has 0 aliphatic heterocycles. The second kappa shape index (κ2) is 55.5. The van der Waals surface area contributed by atoms with Gasteiger partial charge in [-0.25, -0.2) is 0 Å². The van der Waals surface area contributed by atoms with Crippen LogP contribution < -0.4 is 5.32 Å². The third kappa shape index (κ3) is 52.1. The first-order valence-electron chi connectivity index (χ1n) is 29.8. The third-order valence-electron chi connectivity index (χ3n) is 14.2. The van der Waals surface area contributed by atoms with Crippen LogP contribution in [0.3, 0.4) is 0 Å². The minimum absolute atomic E-state index is 0.00421. The van der Waals surface area contributed by atoms with Gasteiger partial charge in [0, 0.05) is 12.8 Å². The third-order valence-corrected chi connectivity index (χ3v) is 14.2. The van der Waals surface area contributed by atoms with E-state index in [4.69, 9.17) is 4.74 Å². The molecule has 0 bridgehead atoms. The Balaban J connectivity index is 3.41. The van der Waals surface area contributed by atoms with Gasteiger partial charge in [0.25, 0.3) is 0 Å². The maximum atomic E-state index is 12.5. The summed E-state index contributed by atoms with van der Waals surface area (Å²) in [5.74, 6) is -0.0351. The number of ether oxygens (including phenoxy) is 1. The Bertz CT molecular complexity index is 928. The largest absolute Gasteiger partial charge is 0.466 e. The summed E-state index contributed by atoms with van der Waals surface area (Å²) in [7, 11) is 0. The summed E-state index contributed by atoms with van der Waals surface area (Å²) < 4.78 is 5.48. The number of aliphatic hydroxyl groups excluding tert-OH is 2. The summed E-state index contributed by atoms with van der Waals surface area (Å²) in [6.07, 6.45) is 63.8. The van der Waals surface area contributed by atoms with E-state index in [2.05, 4.69) is 19.2 Å². The van der Waals surface area contributed by atoms with Crippen molar-refractivity contribution in [3.05, 3.63) is 0 Å². The number of unbranched alkanes of at least 4 members (excludes halogenated alkanes) is 45. The molecule has 0 saturated carbocycles. The standard InChI is InChI=1S/C59H117NO5/c1-3-5-7-9-11-13-15-17-19-20-21-22-24-27-31-35-39-43-47-51-57(62)56(55-61)60-58(63)52-48-44-40-36-32-28-25-23-26-30-34-38-42-46-50-54-65-59(64)53-49-45-41-37-33-29-18-16-14-12-10-8-6-4-2/h56-57,61-62H,3-55H2,1-2H3,(H,60,63). The maximum Gasteiger partial charge on any atom is 0.305 e. The molecule has 0 rings (SSSR count). The van der Waals surface area contributed by atoms with Crippen LogP contribution in [0.1, 0.15) is 341 Å². The van der Waals surface area contributed by atoms with E-state index in [9.17, 15) is 19.8 Å². The second-order valence-corrected chi connectivity index (χ2v) is 20.7. The number of rotatable bonds is 56. The van der Waals surface area contributed by atoms with Crippen molar-refractivity contribution >= 4 is 11.9 Å². The van der Waals surface area contributed by atoms with Crippen LogP contribution >= 0.6 is 0 Å². The summed E-state index contributed by atoms with van der Waals surface area (Å²) >= 11 is 0. The van der Waals surface area contributed by atoms with Gasteiger partial charge in [0.15, 0.2) is 0 Å². The zero-order valence-electron chi connectivity index (χ0n) is 44.3. The highest BCUT2D eigenvalue weighted by Gasteiger charge is 2.20. The van der Waals surface area contributed by atoms with Crippen molar-refractivity contribution in [3.63, 3.8) is 0 Å². The zero-order chi connectivity index (χ0) is 47.2. The molecule has 0 fully saturated rings. The molecule has 2 unspecified atom stereocenters. The fourth-order valence-electron chi connectivity index (χ4n) is 9.58. The molecule has 0 aromatic heterocycles. The highest BCUT2D eigenvalue weighted by Crippen LogP contribution is 2.18. The monoisotopic (exact) mass is 920 g/mol. The van der Waals surface area contributed by atoms with Gasteiger partial charge in [0.05, 0.1) is 25.4 Å². The van der Waals surface area contributed by atoms with Crippen LogP contribution in [-0.4, -0.2) is 47.4 Å². The summed E-state index contributed by atoms with van der Waals surface area (Å²) in [5.41, 5.74) is 0. The first-order chi connectivity index (χ1) is 32.0. The lowest BCUT2D eigenvalue weighted by Gasteiger charge is -2.22. The van der Waals surface area contributed by atoms with Crippen LogP contribution in [0.5, 0.6) is 0 Å². The van der Waals surface area contributed by atoms with Crippen molar-refractivity contribution < 1.29 is 24.5 Å². The van der Waals surface area contributed by atoms with Crippen LogP contribution in [0, 0.1) is 0 Å². The fourth-order valence-corrected chi connectivity index (χ4v) is 9.58. The van der Waals surface area contributed by atoms with Crippen molar-refractivity contribution in [1.82, 2.24) is 5.32 Å². The molecule has 1 amide bonds. The topological polar surface area (TPSA) is 95.9 Å². The van der Waals surface area contributed by atoms with E-state index in [1.165, 1.54) is 263 Å². The van der Waals surface area contributed by atoms with Gasteiger partial charge in [-0.3, -0.25) is 9.59 Å². The molecular formula is C59H117NO5. The average molecular weight is 921 g/mol. The first-order valence-corrected chi connectivity index (χ1v) is 29.8. The highest BCUT2D eigenvalue weighted by atomic mass is 16.5. The molecule has 6 nitrogen and oxygen atoms in total. The number of amides is 1. The van der Waals surface area contributed by atoms with E-state index >= 15 is 0 Å². The highest BCUT2D eigenvalue weighted by molar-refractivity contribution is 5.76. The minimum Gasteiger partial charge on any atom is -0.466 e. The number of carbonyl (C=O) groups excluding carboxylic acids is 2. The molecule has 0 saturated heterocycles. The summed E-state index contributed by atoms with van der Waals surface area (Å²) in [6, 6.07) is -0.547. The molecule has 3 N–H and O–H groups in total. The SMILES string of the molecule is CCCCCCCCCCCCCCCCCCCCCC(O)C(CO)NC(=O)CCCCCCCCCCCCCCCCCOC(=O)CCCCCCCCCCCCCCCC.